The topological polar surface area (TPSA) is 25.8 Å². The zero-order chi connectivity index (χ0) is 11.7. The lowest BCUT2D eigenvalue weighted by Gasteiger charge is -2.00. The van der Waals surface area contributed by atoms with Crippen LogP contribution in [0.3, 0.4) is 0 Å². The molecule has 0 atom stereocenters. The Morgan fingerprint density at radius 1 is 1.18 bits per heavy atom. The summed E-state index contributed by atoms with van der Waals surface area (Å²) >= 11 is 1.73. The van der Waals surface area contributed by atoms with E-state index in [4.69, 9.17) is 0 Å². The van der Waals surface area contributed by atoms with Crippen molar-refractivity contribution in [2.75, 3.05) is 0 Å². The summed E-state index contributed by atoms with van der Waals surface area (Å²) in [4.78, 5) is 8.88. The zero-order valence-corrected chi connectivity index (χ0v) is 10.4. The minimum Gasteiger partial charge on any atom is -0.259 e. The molecule has 0 radical (unpaired) electrons. The number of aromatic nitrogens is 2. The maximum absolute atomic E-state index is 4.46. The second-order valence-corrected chi connectivity index (χ2v) is 5.27. The molecule has 0 spiro atoms. The summed E-state index contributed by atoms with van der Waals surface area (Å²) in [5.74, 6) is 0. The van der Waals surface area contributed by atoms with Gasteiger partial charge in [0.05, 0.1) is 21.4 Å². The van der Waals surface area contributed by atoms with Gasteiger partial charge in [-0.15, -0.1) is 11.3 Å². The normalized spacial score (nSPS) is 10.9. The van der Waals surface area contributed by atoms with Gasteiger partial charge in [0.1, 0.15) is 0 Å². The molecule has 1 aromatic carbocycles. The molecule has 2 heterocycles. The molecule has 3 heteroatoms. The molecule has 0 fully saturated rings. The number of pyridine rings is 1. The molecule has 0 aliphatic carbocycles. The van der Waals surface area contributed by atoms with Crippen LogP contribution in [0.2, 0.25) is 0 Å². The molecule has 0 aliphatic rings. The number of rotatable bonds is 2. The average Bonchev–Trinajstić information content (AvgIpc) is 2.70. The predicted octanol–water partition coefficient (Wildman–Crippen LogP) is 3.59. The first-order valence-corrected chi connectivity index (χ1v) is 6.39. The molecule has 3 aromatic rings. The van der Waals surface area contributed by atoms with Gasteiger partial charge < -0.3 is 0 Å². The fourth-order valence-electron chi connectivity index (χ4n) is 1.89. The highest BCUT2D eigenvalue weighted by atomic mass is 32.1. The molecule has 0 N–H and O–H groups in total. The minimum absolute atomic E-state index is 0.883. The lowest BCUT2D eigenvalue weighted by atomic mass is 10.1. The quantitative estimate of drug-likeness (QED) is 0.684. The number of benzene rings is 1. The van der Waals surface area contributed by atoms with Crippen LogP contribution < -0.4 is 0 Å². The monoisotopic (exact) mass is 240 g/mol. The maximum atomic E-state index is 4.46. The van der Waals surface area contributed by atoms with Crippen molar-refractivity contribution < 1.29 is 0 Å². The van der Waals surface area contributed by atoms with Crippen molar-refractivity contribution in [3.8, 4) is 0 Å². The Balaban J connectivity index is 1.95. The summed E-state index contributed by atoms with van der Waals surface area (Å²) in [7, 11) is 0. The Bertz CT molecular complexity index is 644. The third-order valence-corrected chi connectivity index (χ3v) is 3.60. The number of hydrogen-bond acceptors (Lipinski definition) is 3. The van der Waals surface area contributed by atoms with E-state index in [0.29, 0.717) is 0 Å². The standard InChI is InChI=1S/C14H12N2S/c1-10-16-13-9-15-12(8-14(13)17-10)7-11-5-3-2-4-6-11/h2-6,8-9H,7H2,1H3. The van der Waals surface area contributed by atoms with Crippen molar-refractivity contribution >= 4 is 21.6 Å². The molecule has 2 aromatic heterocycles. The van der Waals surface area contributed by atoms with Gasteiger partial charge in [-0.3, -0.25) is 4.98 Å². The van der Waals surface area contributed by atoms with Crippen LogP contribution in [0.1, 0.15) is 16.3 Å². The summed E-state index contributed by atoms with van der Waals surface area (Å²) in [5.41, 5.74) is 3.40. The maximum Gasteiger partial charge on any atom is 0.0998 e. The molecule has 3 rings (SSSR count). The molecule has 0 unspecified atom stereocenters. The Hall–Kier alpha value is -1.74. The summed E-state index contributed by atoms with van der Waals surface area (Å²) < 4.78 is 1.23. The Labute approximate surface area is 104 Å². The van der Waals surface area contributed by atoms with Crippen molar-refractivity contribution in [2.24, 2.45) is 0 Å². The van der Waals surface area contributed by atoms with Crippen LogP contribution in [0.5, 0.6) is 0 Å². The van der Waals surface area contributed by atoms with E-state index in [9.17, 15) is 0 Å². The van der Waals surface area contributed by atoms with Gasteiger partial charge in [0.2, 0.25) is 0 Å². The van der Waals surface area contributed by atoms with E-state index in [1.54, 1.807) is 11.3 Å². The molecular weight excluding hydrogens is 228 g/mol. The predicted molar refractivity (Wildman–Crippen MR) is 71.4 cm³/mol. The van der Waals surface area contributed by atoms with Crippen LogP contribution in [0, 0.1) is 6.92 Å². The van der Waals surface area contributed by atoms with E-state index in [1.807, 2.05) is 19.2 Å². The van der Waals surface area contributed by atoms with Crippen molar-refractivity contribution in [1.82, 2.24) is 9.97 Å². The van der Waals surface area contributed by atoms with Crippen molar-refractivity contribution in [1.29, 1.82) is 0 Å². The highest BCUT2D eigenvalue weighted by Gasteiger charge is 2.03. The SMILES string of the molecule is Cc1nc2cnc(Cc3ccccc3)cc2s1. The van der Waals surface area contributed by atoms with Gasteiger partial charge in [-0.2, -0.15) is 0 Å². The number of thiazole rings is 1. The highest BCUT2D eigenvalue weighted by Crippen LogP contribution is 2.22. The number of fused-ring (bicyclic) bond motifs is 1. The van der Waals surface area contributed by atoms with Gasteiger partial charge in [-0.1, -0.05) is 30.3 Å². The molecule has 17 heavy (non-hydrogen) atoms. The lowest BCUT2D eigenvalue weighted by molar-refractivity contribution is 1.08. The smallest absolute Gasteiger partial charge is 0.0998 e. The van der Waals surface area contributed by atoms with Crippen LogP contribution in [-0.4, -0.2) is 9.97 Å². The van der Waals surface area contributed by atoms with Crippen LogP contribution in [-0.2, 0) is 6.42 Å². The Kier molecular flexibility index (Phi) is 2.61. The first-order chi connectivity index (χ1) is 8.31. The Morgan fingerprint density at radius 2 is 2.00 bits per heavy atom. The summed E-state index contributed by atoms with van der Waals surface area (Å²) in [6.07, 6.45) is 2.75. The van der Waals surface area contributed by atoms with E-state index in [1.165, 1.54) is 10.3 Å². The van der Waals surface area contributed by atoms with Crippen molar-refractivity contribution in [2.45, 2.75) is 13.3 Å². The van der Waals surface area contributed by atoms with Gasteiger partial charge in [0.15, 0.2) is 0 Å². The van der Waals surface area contributed by atoms with E-state index < -0.39 is 0 Å². The van der Waals surface area contributed by atoms with E-state index in [2.05, 4.69) is 40.3 Å². The second-order valence-electron chi connectivity index (χ2n) is 4.04. The molecule has 0 saturated carbocycles. The lowest BCUT2D eigenvalue weighted by Crippen LogP contribution is -1.90. The van der Waals surface area contributed by atoms with Gasteiger partial charge in [-0.25, -0.2) is 4.98 Å². The molecule has 0 aliphatic heterocycles. The molecule has 0 saturated heterocycles. The largest absolute Gasteiger partial charge is 0.259 e. The van der Waals surface area contributed by atoms with Gasteiger partial charge in [-0.05, 0) is 18.6 Å². The third-order valence-electron chi connectivity index (χ3n) is 2.67. The van der Waals surface area contributed by atoms with Gasteiger partial charge in [0, 0.05) is 12.1 Å². The van der Waals surface area contributed by atoms with Crippen molar-refractivity contribution in [3.63, 3.8) is 0 Å². The average molecular weight is 240 g/mol. The Morgan fingerprint density at radius 3 is 2.82 bits per heavy atom. The molecule has 2 nitrogen and oxygen atoms in total. The summed E-state index contributed by atoms with van der Waals surface area (Å²) in [5, 5.41) is 1.10. The second kappa shape index (κ2) is 4.26. The molecular formula is C14H12N2S. The van der Waals surface area contributed by atoms with Crippen LogP contribution >= 0.6 is 11.3 Å². The fourth-order valence-corrected chi connectivity index (χ4v) is 2.75. The molecule has 0 bridgehead atoms. The van der Waals surface area contributed by atoms with Gasteiger partial charge >= 0.3 is 0 Å². The van der Waals surface area contributed by atoms with Gasteiger partial charge in [0.25, 0.3) is 0 Å². The summed E-state index contributed by atoms with van der Waals surface area (Å²) in [6, 6.07) is 12.6. The van der Waals surface area contributed by atoms with Crippen LogP contribution in [0.25, 0.3) is 10.2 Å². The third kappa shape index (κ3) is 2.19. The number of nitrogens with zero attached hydrogens (tertiary/aromatic N) is 2. The zero-order valence-electron chi connectivity index (χ0n) is 9.55. The molecule has 0 amide bonds. The molecule has 84 valence electrons. The number of aryl methyl sites for hydroxylation is 1. The summed E-state index contributed by atoms with van der Waals surface area (Å²) in [6.45, 7) is 2.03. The van der Waals surface area contributed by atoms with Crippen LogP contribution in [0.15, 0.2) is 42.6 Å². The first kappa shape index (κ1) is 10.4. The van der Waals surface area contributed by atoms with E-state index in [-0.39, 0.29) is 0 Å². The number of hydrogen-bond donors (Lipinski definition) is 0. The first-order valence-electron chi connectivity index (χ1n) is 5.57. The fraction of sp³-hybridized carbons (Fsp3) is 0.143. The minimum atomic E-state index is 0.883. The highest BCUT2D eigenvalue weighted by molar-refractivity contribution is 7.18. The van der Waals surface area contributed by atoms with E-state index >= 15 is 0 Å². The van der Waals surface area contributed by atoms with Crippen LogP contribution in [0.4, 0.5) is 0 Å². The van der Waals surface area contributed by atoms with Crippen molar-refractivity contribution in [3.05, 3.63) is 58.9 Å². The van der Waals surface area contributed by atoms with E-state index in [0.717, 1.165) is 22.6 Å².